The second kappa shape index (κ2) is 6.28. The maximum atomic E-state index is 12.1. The number of benzene rings is 1. The first kappa shape index (κ1) is 17.6. The van der Waals surface area contributed by atoms with Crippen molar-refractivity contribution in [3.8, 4) is 0 Å². The fourth-order valence-corrected chi connectivity index (χ4v) is 4.32. The van der Waals surface area contributed by atoms with Crippen LogP contribution in [-0.2, 0) is 4.79 Å². The van der Waals surface area contributed by atoms with Gasteiger partial charge in [0.25, 0.3) is 11.8 Å². The Kier molecular flexibility index (Phi) is 4.43. The average molecular weight is 341 g/mol. The number of rotatable bonds is 4. The van der Waals surface area contributed by atoms with Crippen LogP contribution in [0.2, 0.25) is 0 Å². The lowest BCUT2D eigenvalue weighted by molar-refractivity contribution is -0.120. The molecule has 2 N–H and O–H groups in total. The Bertz CT molecular complexity index is 738. The number of carbonyl (C=O) groups is 2. The van der Waals surface area contributed by atoms with Crippen molar-refractivity contribution in [1.82, 2.24) is 10.7 Å². The number of hydrazone groups is 1. The van der Waals surface area contributed by atoms with Crippen molar-refractivity contribution in [2.75, 3.05) is 6.54 Å². The SMILES string of the molecule is Cc1cccc(C(=O)NCC(=O)N/N=C2/C[C@H]3CC[C@]2(C)C3(C)C)c1. The second-order valence-corrected chi connectivity index (χ2v) is 8.14. The Labute approximate surface area is 149 Å². The van der Waals surface area contributed by atoms with Gasteiger partial charge >= 0.3 is 0 Å². The molecule has 5 heteroatoms. The highest BCUT2D eigenvalue weighted by molar-refractivity contribution is 5.97. The van der Waals surface area contributed by atoms with Crippen LogP contribution in [0.3, 0.4) is 0 Å². The molecule has 2 atom stereocenters. The zero-order valence-electron chi connectivity index (χ0n) is 15.5. The summed E-state index contributed by atoms with van der Waals surface area (Å²) in [6.45, 7) is 8.71. The average Bonchev–Trinajstić information content (AvgIpc) is 2.91. The van der Waals surface area contributed by atoms with Crippen LogP contribution in [0.4, 0.5) is 0 Å². The molecule has 2 bridgehead atoms. The molecule has 2 aliphatic rings. The van der Waals surface area contributed by atoms with Gasteiger partial charge in [-0.2, -0.15) is 5.10 Å². The number of carbonyl (C=O) groups excluding carboxylic acids is 2. The van der Waals surface area contributed by atoms with Crippen LogP contribution in [0, 0.1) is 23.7 Å². The number of hydrogen-bond acceptors (Lipinski definition) is 3. The van der Waals surface area contributed by atoms with Crippen LogP contribution in [0.15, 0.2) is 29.4 Å². The number of hydrogen-bond donors (Lipinski definition) is 2. The third-order valence-corrected chi connectivity index (χ3v) is 6.52. The molecule has 0 saturated heterocycles. The molecule has 5 nitrogen and oxygen atoms in total. The highest BCUT2D eigenvalue weighted by atomic mass is 16.2. The molecule has 0 heterocycles. The van der Waals surface area contributed by atoms with E-state index in [1.165, 1.54) is 6.42 Å². The minimum Gasteiger partial charge on any atom is -0.343 e. The van der Waals surface area contributed by atoms with E-state index >= 15 is 0 Å². The van der Waals surface area contributed by atoms with Gasteiger partial charge in [-0.25, -0.2) is 5.43 Å². The fraction of sp³-hybridized carbons (Fsp3) is 0.550. The van der Waals surface area contributed by atoms with Crippen molar-refractivity contribution in [1.29, 1.82) is 0 Å². The molecule has 0 aromatic heterocycles. The Hall–Kier alpha value is -2.17. The summed E-state index contributed by atoms with van der Waals surface area (Å²) >= 11 is 0. The molecule has 2 saturated carbocycles. The van der Waals surface area contributed by atoms with Gasteiger partial charge in [0.2, 0.25) is 0 Å². The molecule has 25 heavy (non-hydrogen) atoms. The predicted molar refractivity (Wildman–Crippen MR) is 98.3 cm³/mol. The molecule has 2 amide bonds. The van der Waals surface area contributed by atoms with Crippen LogP contribution in [0.25, 0.3) is 0 Å². The van der Waals surface area contributed by atoms with Crippen molar-refractivity contribution >= 4 is 17.5 Å². The maximum absolute atomic E-state index is 12.1. The Morgan fingerprint density at radius 2 is 2.04 bits per heavy atom. The van der Waals surface area contributed by atoms with Gasteiger partial charge in [-0.3, -0.25) is 9.59 Å². The van der Waals surface area contributed by atoms with E-state index in [9.17, 15) is 9.59 Å². The van der Waals surface area contributed by atoms with Crippen LogP contribution < -0.4 is 10.7 Å². The number of nitrogens with zero attached hydrogens (tertiary/aromatic N) is 1. The lowest BCUT2D eigenvalue weighted by atomic mass is 9.70. The molecule has 3 rings (SSSR count). The zero-order valence-corrected chi connectivity index (χ0v) is 15.5. The Morgan fingerprint density at radius 1 is 1.28 bits per heavy atom. The zero-order chi connectivity index (χ0) is 18.2. The van der Waals surface area contributed by atoms with Crippen molar-refractivity contribution in [2.45, 2.75) is 47.0 Å². The summed E-state index contributed by atoms with van der Waals surface area (Å²) in [5, 5.41) is 7.04. The standard InChI is InChI=1S/C20H27N3O2/c1-13-6-5-7-14(10-13)18(25)21-12-17(24)23-22-16-11-15-8-9-20(16,4)19(15,2)3/h5-7,10,15H,8-9,11-12H2,1-4H3,(H,21,25)(H,23,24)/b22-16-/t15-,20+/m1/s1. The van der Waals surface area contributed by atoms with Crippen LogP contribution in [-0.4, -0.2) is 24.1 Å². The molecule has 0 aliphatic heterocycles. The van der Waals surface area contributed by atoms with E-state index in [-0.39, 0.29) is 29.2 Å². The van der Waals surface area contributed by atoms with Gasteiger partial charge in [-0.05, 0) is 49.7 Å². The van der Waals surface area contributed by atoms with Crippen LogP contribution in [0.5, 0.6) is 0 Å². The lowest BCUT2D eigenvalue weighted by Gasteiger charge is -2.34. The molecule has 0 radical (unpaired) electrons. The first-order valence-electron chi connectivity index (χ1n) is 8.95. The third kappa shape index (κ3) is 3.08. The third-order valence-electron chi connectivity index (χ3n) is 6.52. The lowest BCUT2D eigenvalue weighted by Crippen LogP contribution is -2.37. The van der Waals surface area contributed by atoms with Gasteiger partial charge in [0.15, 0.2) is 0 Å². The summed E-state index contributed by atoms with van der Waals surface area (Å²) in [6, 6.07) is 7.29. The van der Waals surface area contributed by atoms with E-state index < -0.39 is 0 Å². The van der Waals surface area contributed by atoms with Crippen LogP contribution >= 0.6 is 0 Å². The molecule has 2 fully saturated rings. The van der Waals surface area contributed by atoms with Gasteiger partial charge in [0.05, 0.1) is 6.54 Å². The molecular formula is C20H27N3O2. The van der Waals surface area contributed by atoms with Crippen molar-refractivity contribution in [3.05, 3.63) is 35.4 Å². The van der Waals surface area contributed by atoms with E-state index in [4.69, 9.17) is 0 Å². The quantitative estimate of drug-likeness (QED) is 0.826. The summed E-state index contributed by atoms with van der Waals surface area (Å²) in [6.07, 6.45) is 3.33. The van der Waals surface area contributed by atoms with Crippen molar-refractivity contribution in [2.24, 2.45) is 21.8 Å². The monoisotopic (exact) mass is 341 g/mol. The van der Waals surface area contributed by atoms with Gasteiger partial charge < -0.3 is 5.32 Å². The molecular weight excluding hydrogens is 314 g/mol. The molecule has 134 valence electrons. The minimum atomic E-state index is -0.294. The van der Waals surface area contributed by atoms with Crippen LogP contribution in [0.1, 0.15) is 56.0 Å². The number of fused-ring (bicyclic) bond motifs is 2. The molecule has 1 aromatic rings. The highest BCUT2D eigenvalue weighted by Crippen LogP contribution is 2.63. The molecule has 2 aliphatic carbocycles. The van der Waals surface area contributed by atoms with E-state index in [1.54, 1.807) is 12.1 Å². The van der Waals surface area contributed by atoms with E-state index in [0.29, 0.717) is 11.5 Å². The molecule has 1 aromatic carbocycles. The summed E-state index contributed by atoms with van der Waals surface area (Å²) in [5.74, 6) is 0.103. The number of nitrogens with one attached hydrogen (secondary N) is 2. The van der Waals surface area contributed by atoms with Crippen molar-refractivity contribution < 1.29 is 9.59 Å². The fourth-order valence-electron chi connectivity index (χ4n) is 4.32. The Morgan fingerprint density at radius 3 is 2.64 bits per heavy atom. The largest absolute Gasteiger partial charge is 0.343 e. The van der Waals surface area contributed by atoms with Gasteiger partial charge in [0, 0.05) is 16.7 Å². The summed E-state index contributed by atoms with van der Waals surface area (Å²) in [7, 11) is 0. The molecule has 0 unspecified atom stereocenters. The van der Waals surface area contributed by atoms with Crippen molar-refractivity contribution in [3.63, 3.8) is 0 Å². The summed E-state index contributed by atoms with van der Waals surface area (Å²) in [5.41, 5.74) is 5.58. The second-order valence-electron chi connectivity index (χ2n) is 8.14. The maximum Gasteiger partial charge on any atom is 0.259 e. The predicted octanol–water partition coefficient (Wildman–Crippen LogP) is 3.04. The van der Waals surface area contributed by atoms with E-state index in [1.807, 2.05) is 19.1 Å². The van der Waals surface area contributed by atoms with Gasteiger partial charge in [-0.15, -0.1) is 0 Å². The summed E-state index contributed by atoms with van der Waals surface area (Å²) in [4.78, 5) is 24.1. The summed E-state index contributed by atoms with van der Waals surface area (Å²) < 4.78 is 0. The minimum absolute atomic E-state index is 0.0652. The Balaban J connectivity index is 1.55. The normalized spacial score (nSPS) is 28.2. The van der Waals surface area contributed by atoms with E-state index in [0.717, 1.165) is 24.1 Å². The van der Waals surface area contributed by atoms with Gasteiger partial charge in [-0.1, -0.05) is 38.5 Å². The van der Waals surface area contributed by atoms with E-state index in [2.05, 4.69) is 36.6 Å². The smallest absolute Gasteiger partial charge is 0.259 e. The topological polar surface area (TPSA) is 70.6 Å². The number of amides is 2. The van der Waals surface area contributed by atoms with Gasteiger partial charge in [0.1, 0.15) is 0 Å². The first-order valence-corrected chi connectivity index (χ1v) is 8.95. The number of aryl methyl sites for hydroxylation is 1. The molecule has 0 spiro atoms. The highest BCUT2D eigenvalue weighted by Gasteiger charge is 2.59. The first-order chi connectivity index (χ1) is 11.7.